The summed E-state index contributed by atoms with van der Waals surface area (Å²) in [6, 6.07) is 8.67. The highest BCUT2D eigenvalue weighted by Gasteiger charge is 2.15. The Bertz CT molecular complexity index is 577. The third-order valence-corrected chi connectivity index (χ3v) is 4.31. The summed E-state index contributed by atoms with van der Waals surface area (Å²) in [7, 11) is 0. The Labute approximate surface area is 131 Å². The number of thiazole rings is 1. The first-order chi connectivity index (χ1) is 9.95. The highest BCUT2D eigenvalue weighted by molar-refractivity contribution is 7.11. The van der Waals surface area contributed by atoms with Crippen LogP contribution in [-0.4, -0.2) is 17.6 Å². The molecule has 0 radical (unpaired) electrons. The Morgan fingerprint density at radius 2 is 1.81 bits per heavy atom. The zero-order valence-corrected chi connectivity index (χ0v) is 14.3. The third kappa shape index (κ3) is 4.55. The summed E-state index contributed by atoms with van der Waals surface area (Å²) in [6.07, 6.45) is 0. The Balaban J connectivity index is 1.85. The predicted molar refractivity (Wildman–Crippen MR) is 89.3 cm³/mol. The fourth-order valence-corrected chi connectivity index (χ4v) is 3.27. The number of aromatic nitrogens is 1. The van der Waals surface area contributed by atoms with Crippen LogP contribution in [0.4, 0.5) is 0 Å². The maximum absolute atomic E-state index is 5.81. The quantitative estimate of drug-likeness (QED) is 0.869. The van der Waals surface area contributed by atoms with Crippen molar-refractivity contribution in [2.45, 2.75) is 46.7 Å². The molecule has 0 spiro atoms. The highest BCUT2D eigenvalue weighted by Crippen LogP contribution is 2.22. The van der Waals surface area contributed by atoms with Crippen LogP contribution in [0.2, 0.25) is 0 Å². The van der Waals surface area contributed by atoms with E-state index in [-0.39, 0.29) is 12.1 Å². The van der Waals surface area contributed by atoms with Crippen LogP contribution in [-0.2, 0) is 0 Å². The molecule has 0 fully saturated rings. The van der Waals surface area contributed by atoms with Gasteiger partial charge < -0.3 is 10.1 Å². The maximum Gasteiger partial charge on any atom is 0.119 e. The number of aryl methyl sites for hydroxylation is 3. The van der Waals surface area contributed by atoms with Crippen LogP contribution in [0.3, 0.4) is 0 Å². The Morgan fingerprint density at radius 1 is 1.14 bits per heavy atom. The molecule has 3 nitrogen and oxygen atoms in total. The maximum atomic E-state index is 5.81. The molecule has 1 aromatic heterocycles. The van der Waals surface area contributed by atoms with Crippen molar-refractivity contribution in [3.05, 3.63) is 45.4 Å². The molecule has 0 aliphatic heterocycles. The lowest BCUT2D eigenvalue weighted by Crippen LogP contribution is -2.34. The Kier molecular flexibility index (Phi) is 5.37. The summed E-state index contributed by atoms with van der Waals surface area (Å²) < 4.78 is 5.81. The monoisotopic (exact) mass is 304 g/mol. The van der Waals surface area contributed by atoms with E-state index in [0.717, 1.165) is 16.5 Å². The van der Waals surface area contributed by atoms with Crippen molar-refractivity contribution >= 4 is 11.3 Å². The van der Waals surface area contributed by atoms with E-state index in [9.17, 15) is 0 Å². The molecule has 114 valence electrons. The minimum atomic E-state index is 0.242. The van der Waals surface area contributed by atoms with Gasteiger partial charge in [0.2, 0.25) is 0 Å². The summed E-state index contributed by atoms with van der Waals surface area (Å²) in [4.78, 5) is 5.90. The number of nitrogens with one attached hydrogen (secondary N) is 1. The van der Waals surface area contributed by atoms with Crippen molar-refractivity contribution in [1.82, 2.24) is 10.3 Å². The molecular formula is C17H24N2OS. The van der Waals surface area contributed by atoms with Gasteiger partial charge in [-0.05, 0) is 46.8 Å². The molecule has 0 amide bonds. The van der Waals surface area contributed by atoms with Crippen LogP contribution in [0.15, 0.2) is 24.3 Å². The molecule has 2 unspecified atom stereocenters. The number of nitrogens with zero attached hydrogens (tertiary/aromatic N) is 1. The summed E-state index contributed by atoms with van der Waals surface area (Å²) in [5, 5.41) is 4.68. The number of rotatable bonds is 6. The third-order valence-electron chi connectivity index (χ3n) is 3.41. The number of hydrogen-bond donors (Lipinski definition) is 1. The lowest BCUT2D eigenvalue weighted by molar-refractivity contribution is 0.263. The predicted octanol–water partition coefficient (Wildman–Crippen LogP) is 4.19. The molecule has 4 heteroatoms. The zero-order chi connectivity index (χ0) is 15.4. The molecule has 1 aromatic carbocycles. The van der Waals surface area contributed by atoms with Crippen LogP contribution in [0, 0.1) is 20.8 Å². The minimum Gasteiger partial charge on any atom is -0.492 e. The van der Waals surface area contributed by atoms with E-state index >= 15 is 0 Å². The second-order valence-corrected chi connectivity index (χ2v) is 7.00. The van der Waals surface area contributed by atoms with E-state index in [1.807, 2.05) is 12.1 Å². The van der Waals surface area contributed by atoms with Crippen molar-refractivity contribution in [3.8, 4) is 5.75 Å². The molecule has 1 heterocycles. The summed E-state index contributed by atoms with van der Waals surface area (Å²) in [5.41, 5.74) is 2.40. The smallest absolute Gasteiger partial charge is 0.119 e. The van der Waals surface area contributed by atoms with Crippen molar-refractivity contribution in [2.24, 2.45) is 0 Å². The Morgan fingerprint density at radius 3 is 2.38 bits per heavy atom. The first kappa shape index (κ1) is 16.0. The lowest BCUT2D eigenvalue weighted by Gasteiger charge is -2.20. The fourth-order valence-electron chi connectivity index (χ4n) is 2.36. The lowest BCUT2D eigenvalue weighted by atomic mass is 10.2. The average molecular weight is 304 g/mol. The van der Waals surface area contributed by atoms with Crippen LogP contribution in [0.5, 0.6) is 5.75 Å². The average Bonchev–Trinajstić information content (AvgIpc) is 2.77. The fraction of sp³-hybridized carbons (Fsp3) is 0.471. The molecular weight excluding hydrogens is 280 g/mol. The van der Waals surface area contributed by atoms with Gasteiger partial charge in [-0.15, -0.1) is 11.3 Å². The number of ether oxygens (including phenoxy) is 1. The van der Waals surface area contributed by atoms with Crippen molar-refractivity contribution in [1.29, 1.82) is 0 Å². The molecule has 2 rings (SSSR count). The molecule has 0 bridgehead atoms. The van der Waals surface area contributed by atoms with Gasteiger partial charge in [0.15, 0.2) is 0 Å². The van der Waals surface area contributed by atoms with Gasteiger partial charge in [0, 0.05) is 17.0 Å². The van der Waals surface area contributed by atoms with Crippen LogP contribution in [0.1, 0.15) is 41.0 Å². The van der Waals surface area contributed by atoms with Gasteiger partial charge in [-0.25, -0.2) is 4.98 Å². The van der Waals surface area contributed by atoms with E-state index < -0.39 is 0 Å². The van der Waals surface area contributed by atoms with Gasteiger partial charge in [0.1, 0.15) is 12.4 Å². The topological polar surface area (TPSA) is 34.1 Å². The molecule has 2 atom stereocenters. The van der Waals surface area contributed by atoms with Crippen LogP contribution >= 0.6 is 11.3 Å². The van der Waals surface area contributed by atoms with E-state index in [0.29, 0.717) is 6.61 Å². The molecule has 1 N–H and O–H groups in total. The molecule has 2 aromatic rings. The first-order valence-electron chi connectivity index (χ1n) is 7.35. The van der Waals surface area contributed by atoms with Crippen molar-refractivity contribution < 1.29 is 4.74 Å². The first-order valence-corrected chi connectivity index (χ1v) is 8.17. The molecule has 0 saturated carbocycles. The van der Waals surface area contributed by atoms with Gasteiger partial charge in [-0.1, -0.05) is 17.7 Å². The van der Waals surface area contributed by atoms with Crippen LogP contribution < -0.4 is 10.1 Å². The van der Waals surface area contributed by atoms with E-state index in [2.05, 4.69) is 57.1 Å². The largest absolute Gasteiger partial charge is 0.492 e. The SMILES string of the molecule is Cc1ccc(OCC(C)NC(C)c2nc(C)sc2C)cc1. The van der Waals surface area contributed by atoms with E-state index in [1.54, 1.807) is 11.3 Å². The molecule has 0 saturated heterocycles. The van der Waals surface area contributed by atoms with E-state index in [4.69, 9.17) is 4.74 Å². The molecule has 21 heavy (non-hydrogen) atoms. The van der Waals surface area contributed by atoms with Gasteiger partial charge in [-0.2, -0.15) is 0 Å². The van der Waals surface area contributed by atoms with Crippen molar-refractivity contribution in [2.75, 3.05) is 6.61 Å². The number of benzene rings is 1. The number of hydrogen-bond acceptors (Lipinski definition) is 4. The zero-order valence-electron chi connectivity index (χ0n) is 13.4. The van der Waals surface area contributed by atoms with E-state index in [1.165, 1.54) is 10.4 Å². The van der Waals surface area contributed by atoms with Gasteiger partial charge >= 0.3 is 0 Å². The second-order valence-electron chi connectivity index (χ2n) is 5.59. The Hall–Kier alpha value is -1.39. The summed E-state index contributed by atoms with van der Waals surface area (Å²) in [5.74, 6) is 0.919. The highest BCUT2D eigenvalue weighted by atomic mass is 32.1. The minimum absolute atomic E-state index is 0.242. The summed E-state index contributed by atoms with van der Waals surface area (Å²) >= 11 is 1.75. The van der Waals surface area contributed by atoms with Gasteiger partial charge in [0.05, 0.1) is 10.7 Å². The van der Waals surface area contributed by atoms with Crippen LogP contribution in [0.25, 0.3) is 0 Å². The van der Waals surface area contributed by atoms with Crippen molar-refractivity contribution in [3.63, 3.8) is 0 Å². The summed E-state index contributed by atoms with van der Waals surface area (Å²) in [6.45, 7) is 11.2. The standard InChI is InChI=1S/C17H24N2OS/c1-11-6-8-16(9-7-11)20-10-12(2)18-13(3)17-14(4)21-15(5)19-17/h6-9,12-13,18H,10H2,1-5H3. The molecule has 0 aliphatic carbocycles. The van der Waals surface area contributed by atoms with Gasteiger partial charge in [0.25, 0.3) is 0 Å². The van der Waals surface area contributed by atoms with Gasteiger partial charge in [-0.3, -0.25) is 0 Å². The molecule has 0 aliphatic rings. The normalized spacial score (nSPS) is 14.0. The second kappa shape index (κ2) is 7.05.